The number of aromatic nitrogens is 2. The number of hydrogen-bond donors (Lipinski definition) is 2. The van der Waals surface area contributed by atoms with Gasteiger partial charge in [-0.05, 0) is 42.6 Å². The molecule has 1 amide bonds. The first kappa shape index (κ1) is 13.5. The van der Waals surface area contributed by atoms with Gasteiger partial charge in [0, 0.05) is 24.2 Å². The molecule has 114 valence electrons. The predicted octanol–water partition coefficient (Wildman–Crippen LogP) is 1.39. The van der Waals surface area contributed by atoms with E-state index in [2.05, 4.69) is 15.5 Å². The Hall–Kier alpha value is -2.21. The zero-order valence-electron chi connectivity index (χ0n) is 12.2. The van der Waals surface area contributed by atoms with Crippen LogP contribution in [0.5, 0.6) is 0 Å². The Balaban J connectivity index is 1.67. The highest BCUT2D eigenvalue weighted by Gasteiger charge is 2.27. The topological polar surface area (TPSA) is 61.0 Å². The largest absolute Gasteiger partial charge is 0.332 e. The van der Waals surface area contributed by atoms with Gasteiger partial charge in [-0.15, -0.1) is 0 Å². The monoisotopic (exact) mass is 300 g/mol. The fraction of sp³-hybridized carbons (Fsp3) is 0.375. The molecule has 0 saturated carbocycles. The van der Waals surface area contributed by atoms with Crippen LogP contribution in [-0.2, 0) is 25.9 Å². The first-order valence-electron chi connectivity index (χ1n) is 7.55. The Kier molecular flexibility index (Phi) is 3.18. The summed E-state index contributed by atoms with van der Waals surface area (Å²) in [5, 5.41) is 10.1. The van der Waals surface area contributed by atoms with Gasteiger partial charge in [-0.3, -0.25) is 9.89 Å². The highest BCUT2D eigenvalue weighted by molar-refractivity contribution is 5.96. The number of hydrogen-bond acceptors (Lipinski definition) is 3. The van der Waals surface area contributed by atoms with E-state index in [1.54, 1.807) is 6.07 Å². The molecule has 22 heavy (non-hydrogen) atoms. The second-order valence-electron chi connectivity index (χ2n) is 5.83. The standard InChI is InChI=1S/C16H17FN4O/c17-14-2-1-12(11-3-5-18-8-13(11)14)16(22)21-6-4-10-7-19-20-15(10)9-21/h1-2,7,18H,3-6,8-9H2,(H,19,20). The molecule has 0 spiro atoms. The highest BCUT2D eigenvalue weighted by atomic mass is 19.1. The summed E-state index contributed by atoms with van der Waals surface area (Å²) in [5.74, 6) is -0.244. The third kappa shape index (κ3) is 2.11. The number of halogens is 1. The number of nitrogens with one attached hydrogen (secondary N) is 2. The van der Waals surface area contributed by atoms with E-state index in [0.717, 1.165) is 24.2 Å². The fourth-order valence-corrected chi connectivity index (χ4v) is 3.33. The molecule has 0 bridgehead atoms. The summed E-state index contributed by atoms with van der Waals surface area (Å²) in [7, 11) is 0. The van der Waals surface area contributed by atoms with Crippen molar-refractivity contribution in [1.82, 2.24) is 20.4 Å². The minimum absolute atomic E-state index is 0.0154. The molecule has 0 fully saturated rings. The van der Waals surface area contributed by atoms with Crippen molar-refractivity contribution < 1.29 is 9.18 Å². The van der Waals surface area contributed by atoms with Gasteiger partial charge >= 0.3 is 0 Å². The average molecular weight is 300 g/mol. The lowest BCUT2D eigenvalue weighted by atomic mass is 9.93. The number of nitrogens with zero attached hydrogens (tertiary/aromatic N) is 2. The molecule has 4 rings (SSSR count). The van der Waals surface area contributed by atoms with E-state index in [-0.39, 0.29) is 11.7 Å². The van der Waals surface area contributed by atoms with Crippen LogP contribution >= 0.6 is 0 Å². The zero-order valence-corrected chi connectivity index (χ0v) is 12.2. The molecule has 2 aliphatic heterocycles. The average Bonchev–Trinajstić information content (AvgIpc) is 3.02. The Morgan fingerprint density at radius 3 is 3.09 bits per heavy atom. The van der Waals surface area contributed by atoms with Gasteiger partial charge in [0.05, 0.1) is 18.4 Å². The molecule has 0 radical (unpaired) electrons. The van der Waals surface area contributed by atoms with E-state index in [9.17, 15) is 9.18 Å². The van der Waals surface area contributed by atoms with Crippen LogP contribution in [0.15, 0.2) is 18.3 Å². The molecule has 1 aromatic heterocycles. The summed E-state index contributed by atoms with van der Waals surface area (Å²) in [6.07, 6.45) is 3.32. The van der Waals surface area contributed by atoms with E-state index in [1.165, 1.54) is 11.6 Å². The van der Waals surface area contributed by atoms with Crippen molar-refractivity contribution in [2.75, 3.05) is 13.1 Å². The van der Waals surface area contributed by atoms with Gasteiger partial charge in [0.2, 0.25) is 0 Å². The second-order valence-corrected chi connectivity index (χ2v) is 5.83. The Bertz CT molecular complexity index is 740. The summed E-state index contributed by atoms with van der Waals surface area (Å²) < 4.78 is 13.9. The van der Waals surface area contributed by atoms with Crippen LogP contribution in [0.25, 0.3) is 0 Å². The molecular formula is C16H17FN4O. The SMILES string of the molecule is O=C(c1ccc(F)c2c1CCNC2)N1CCc2cn[nH]c2C1. The number of fused-ring (bicyclic) bond motifs is 2. The second kappa shape index (κ2) is 5.21. The van der Waals surface area contributed by atoms with Crippen LogP contribution in [0.2, 0.25) is 0 Å². The molecule has 6 heteroatoms. The lowest BCUT2D eigenvalue weighted by molar-refractivity contribution is 0.0731. The third-order valence-corrected chi connectivity index (χ3v) is 4.55. The summed E-state index contributed by atoms with van der Waals surface area (Å²) in [5.41, 5.74) is 4.31. The summed E-state index contributed by atoms with van der Waals surface area (Å²) in [6.45, 7) is 2.49. The van der Waals surface area contributed by atoms with Crippen molar-refractivity contribution in [3.05, 3.63) is 52.1 Å². The molecule has 5 nitrogen and oxygen atoms in total. The van der Waals surface area contributed by atoms with E-state index in [4.69, 9.17) is 0 Å². The highest BCUT2D eigenvalue weighted by Crippen LogP contribution is 2.25. The van der Waals surface area contributed by atoms with Crippen LogP contribution < -0.4 is 5.32 Å². The van der Waals surface area contributed by atoms with Gasteiger partial charge in [0.15, 0.2) is 0 Å². The van der Waals surface area contributed by atoms with Gasteiger partial charge in [0.25, 0.3) is 5.91 Å². The van der Waals surface area contributed by atoms with Gasteiger partial charge in [0.1, 0.15) is 5.82 Å². The molecule has 1 aromatic carbocycles. The molecule has 2 aliphatic rings. The molecule has 0 aliphatic carbocycles. The Morgan fingerprint density at radius 1 is 1.27 bits per heavy atom. The fourth-order valence-electron chi connectivity index (χ4n) is 3.33. The van der Waals surface area contributed by atoms with Crippen LogP contribution in [-0.4, -0.2) is 34.1 Å². The molecular weight excluding hydrogens is 283 g/mol. The van der Waals surface area contributed by atoms with Gasteiger partial charge < -0.3 is 10.2 Å². The first-order valence-corrected chi connectivity index (χ1v) is 7.55. The van der Waals surface area contributed by atoms with Gasteiger partial charge in [-0.25, -0.2) is 4.39 Å². The lowest BCUT2D eigenvalue weighted by Gasteiger charge is -2.28. The quantitative estimate of drug-likeness (QED) is 0.837. The van der Waals surface area contributed by atoms with E-state index < -0.39 is 0 Å². The van der Waals surface area contributed by atoms with E-state index >= 15 is 0 Å². The molecule has 3 heterocycles. The van der Waals surface area contributed by atoms with Gasteiger partial charge in [-0.1, -0.05) is 0 Å². The number of amides is 1. The van der Waals surface area contributed by atoms with Crippen LogP contribution in [0.3, 0.4) is 0 Å². The minimum atomic E-state index is -0.228. The molecule has 0 unspecified atom stereocenters. The predicted molar refractivity (Wildman–Crippen MR) is 78.8 cm³/mol. The van der Waals surface area contributed by atoms with Crippen molar-refractivity contribution in [2.45, 2.75) is 25.9 Å². The maximum absolute atomic E-state index is 13.9. The number of benzene rings is 1. The summed E-state index contributed by atoms with van der Waals surface area (Å²) >= 11 is 0. The summed E-state index contributed by atoms with van der Waals surface area (Å²) in [4.78, 5) is 14.7. The number of H-pyrrole nitrogens is 1. The van der Waals surface area contributed by atoms with E-state index in [1.807, 2.05) is 11.1 Å². The maximum Gasteiger partial charge on any atom is 0.254 e. The Morgan fingerprint density at radius 2 is 2.18 bits per heavy atom. The van der Waals surface area contributed by atoms with Crippen LogP contribution in [0, 0.1) is 5.82 Å². The number of rotatable bonds is 1. The minimum Gasteiger partial charge on any atom is -0.332 e. The first-order chi connectivity index (χ1) is 10.7. The maximum atomic E-state index is 13.9. The molecule has 2 aromatic rings. The number of carbonyl (C=O) groups excluding carboxylic acids is 1. The van der Waals surface area contributed by atoms with Gasteiger partial charge in [-0.2, -0.15) is 5.10 Å². The van der Waals surface area contributed by atoms with E-state index in [0.29, 0.717) is 37.2 Å². The van der Waals surface area contributed by atoms with Crippen LogP contribution in [0.1, 0.15) is 32.7 Å². The van der Waals surface area contributed by atoms with Crippen molar-refractivity contribution >= 4 is 5.91 Å². The van der Waals surface area contributed by atoms with Crippen molar-refractivity contribution in [3.8, 4) is 0 Å². The van der Waals surface area contributed by atoms with Crippen molar-refractivity contribution in [2.24, 2.45) is 0 Å². The Labute approximate surface area is 127 Å². The summed E-state index contributed by atoms with van der Waals surface area (Å²) in [6, 6.07) is 3.04. The normalized spacial score (nSPS) is 17.0. The lowest BCUT2D eigenvalue weighted by Crippen LogP contribution is -2.37. The smallest absolute Gasteiger partial charge is 0.254 e. The molecule has 2 N–H and O–H groups in total. The number of carbonyl (C=O) groups is 1. The zero-order chi connectivity index (χ0) is 15.1. The molecule has 0 saturated heterocycles. The van der Waals surface area contributed by atoms with Crippen LogP contribution in [0.4, 0.5) is 4.39 Å². The third-order valence-electron chi connectivity index (χ3n) is 4.55. The van der Waals surface area contributed by atoms with Crippen molar-refractivity contribution in [1.29, 1.82) is 0 Å². The number of aromatic amines is 1. The van der Waals surface area contributed by atoms with Crippen molar-refractivity contribution in [3.63, 3.8) is 0 Å². The molecule has 0 atom stereocenters.